The van der Waals surface area contributed by atoms with E-state index in [9.17, 15) is 4.79 Å². The number of carbonyl (C=O) groups excluding carboxylic acids is 1. The molecule has 1 fully saturated rings. The largest absolute Gasteiger partial charge is 0.324 e. The van der Waals surface area contributed by atoms with Crippen LogP contribution in [0.15, 0.2) is 36.8 Å². The van der Waals surface area contributed by atoms with Crippen LogP contribution in [0.25, 0.3) is 10.2 Å². The van der Waals surface area contributed by atoms with Crippen molar-refractivity contribution in [3.05, 3.63) is 47.5 Å². The lowest BCUT2D eigenvalue weighted by Crippen LogP contribution is -2.41. The van der Waals surface area contributed by atoms with E-state index in [2.05, 4.69) is 20.3 Å². The number of amides is 2. The molecule has 6 nitrogen and oxygen atoms in total. The Morgan fingerprint density at radius 1 is 1.36 bits per heavy atom. The van der Waals surface area contributed by atoms with Crippen molar-refractivity contribution in [1.29, 1.82) is 0 Å². The maximum Gasteiger partial charge on any atom is 0.321 e. The number of fused-ring (bicyclic) bond motifs is 1. The molecule has 1 atom stereocenters. The third-order valence-corrected chi connectivity index (χ3v) is 5.41. The normalized spacial score (nSPS) is 17.6. The molecule has 2 aromatic heterocycles. The summed E-state index contributed by atoms with van der Waals surface area (Å²) in [4.78, 5) is 27.3. The Labute approximate surface area is 149 Å². The summed E-state index contributed by atoms with van der Waals surface area (Å²) in [6.07, 6.45) is 5.36. The zero-order valence-electron chi connectivity index (χ0n) is 14.0. The third kappa shape index (κ3) is 3.46. The fourth-order valence-electron chi connectivity index (χ4n) is 3.27. The van der Waals surface area contributed by atoms with Gasteiger partial charge in [0.1, 0.15) is 6.33 Å². The van der Waals surface area contributed by atoms with Crippen molar-refractivity contribution in [3.63, 3.8) is 0 Å². The van der Waals surface area contributed by atoms with Gasteiger partial charge in [0.25, 0.3) is 0 Å². The van der Waals surface area contributed by atoms with Crippen LogP contribution in [0.1, 0.15) is 29.5 Å². The zero-order chi connectivity index (χ0) is 17.2. The molecule has 0 saturated carbocycles. The van der Waals surface area contributed by atoms with Gasteiger partial charge in [0.2, 0.25) is 0 Å². The van der Waals surface area contributed by atoms with E-state index < -0.39 is 0 Å². The molecule has 1 aliphatic heterocycles. The average Bonchev–Trinajstić information content (AvgIpc) is 3.02. The molecule has 0 spiro atoms. The maximum absolute atomic E-state index is 12.7. The predicted molar refractivity (Wildman–Crippen MR) is 99.0 cm³/mol. The van der Waals surface area contributed by atoms with Gasteiger partial charge in [0, 0.05) is 36.6 Å². The van der Waals surface area contributed by atoms with Crippen LogP contribution in [0.2, 0.25) is 0 Å². The Bertz CT molecular complexity index is 895. The van der Waals surface area contributed by atoms with Crippen molar-refractivity contribution in [2.24, 2.45) is 0 Å². The molecule has 0 bridgehead atoms. The van der Waals surface area contributed by atoms with Gasteiger partial charge in [-0.25, -0.2) is 19.7 Å². The monoisotopic (exact) mass is 353 g/mol. The average molecular weight is 353 g/mol. The third-order valence-electron chi connectivity index (χ3n) is 4.48. The minimum atomic E-state index is -0.0562. The number of benzene rings is 1. The second-order valence-electron chi connectivity index (χ2n) is 6.26. The van der Waals surface area contributed by atoms with Gasteiger partial charge in [0.15, 0.2) is 0 Å². The van der Waals surface area contributed by atoms with Crippen LogP contribution in [0.5, 0.6) is 0 Å². The number of aryl methyl sites for hydroxylation is 1. The van der Waals surface area contributed by atoms with E-state index in [1.54, 1.807) is 23.9 Å². The van der Waals surface area contributed by atoms with Crippen molar-refractivity contribution in [2.75, 3.05) is 18.4 Å². The highest BCUT2D eigenvalue weighted by Gasteiger charge is 2.25. The molecule has 3 aromatic rings. The number of rotatable bonds is 2. The van der Waals surface area contributed by atoms with E-state index >= 15 is 0 Å². The second kappa shape index (κ2) is 6.76. The quantitative estimate of drug-likeness (QED) is 0.760. The number of thiazole rings is 1. The molecule has 1 unspecified atom stereocenters. The summed E-state index contributed by atoms with van der Waals surface area (Å²) in [5, 5.41) is 4.05. The standard InChI is InChI=1S/C18H19N5OS/c1-12-21-16-5-4-14(9-17(16)25-12)22-18(24)23-8-2-3-13(10-23)15-6-7-19-11-20-15/h4-7,9,11,13H,2-3,8,10H2,1H3,(H,22,24). The SMILES string of the molecule is Cc1nc2ccc(NC(=O)N3CCCC(c4ccncn4)C3)cc2s1. The van der Waals surface area contributed by atoms with Crippen LogP contribution in [0.3, 0.4) is 0 Å². The fraction of sp³-hybridized carbons (Fsp3) is 0.333. The highest BCUT2D eigenvalue weighted by atomic mass is 32.1. The molecule has 4 rings (SSSR count). The summed E-state index contributed by atoms with van der Waals surface area (Å²) in [5.41, 5.74) is 2.79. The van der Waals surface area contributed by atoms with Crippen LogP contribution in [0.4, 0.5) is 10.5 Å². The Morgan fingerprint density at radius 3 is 3.12 bits per heavy atom. The molecule has 128 valence electrons. The first-order valence-corrected chi connectivity index (χ1v) is 9.20. The lowest BCUT2D eigenvalue weighted by Gasteiger charge is -2.32. The molecule has 7 heteroatoms. The highest BCUT2D eigenvalue weighted by Crippen LogP contribution is 2.27. The van der Waals surface area contributed by atoms with Gasteiger partial charge < -0.3 is 10.2 Å². The molecule has 1 N–H and O–H groups in total. The van der Waals surface area contributed by atoms with Crippen LogP contribution in [-0.2, 0) is 0 Å². The molecule has 0 radical (unpaired) electrons. The number of anilines is 1. The topological polar surface area (TPSA) is 71.0 Å². The van der Waals surface area contributed by atoms with E-state index in [0.717, 1.165) is 46.0 Å². The summed E-state index contributed by atoms with van der Waals surface area (Å²) in [6, 6.07) is 7.73. The predicted octanol–water partition coefficient (Wildman–Crippen LogP) is 3.81. The molecular formula is C18H19N5OS. The van der Waals surface area contributed by atoms with E-state index in [-0.39, 0.29) is 11.9 Å². The number of nitrogens with one attached hydrogen (secondary N) is 1. The van der Waals surface area contributed by atoms with Crippen LogP contribution < -0.4 is 5.32 Å². The lowest BCUT2D eigenvalue weighted by atomic mass is 9.95. The van der Waals surface area contributed by atoms with E-state index in [1.165, 1.54) is 0 Å². The van der Waals surface area contributed by atoms with Crippen molar-refractivity contribution < 1.29 is 4.79 Å². The van der Waals surface area contributed by atoms with Gasteiger partial charge in [-0.15, -0.1) is 11.3 Å². The highest BCUT2D eigenvalue weighted by molar-refractivity contribution is 7.18. The summed E-state index contributed by atoms with van der Waals surface area (Å²) < 4.78 is 1.09. The van der Waals surface area contributed by atoms with Crippen molar-refractivity contribution in [3.8, 4) is 0 Å². The molecule has 1 aliphatic rings. The van der Waals surface area contributed by atoms with Crippen LogP contribution in [0, 0.1) is 6.92 Å². The van der Waals surface area contributed by atoms with E-state index in [0.29, 0.717) is 6.54 Å². The van der Waals surface area contributed by atoms with Crippen LogP contribution in [-0.4, -0.2) is 39.0 Å². The Kier molecular flexibility index (Phi) is 4.31. The molecule has 0 aliphatic carbocycles. The van der Waals surface area contributed by atoms with Crippen LogP contribution >= 0.6 is 11.3 Å². The van der Waals surface area contributed by atoms with Crippen molar-refractivity contribution in [1.82, 2.24) is 19.9 Å². The lowest BCUT2D eigenvalue weighted by molar-refractivity contribution is 0.192. The van der Waals surface area contributed by atoms with Gasteiger partial charge in [-0.3, -0.25) is 0 Å². The van der Waals surface area contributed by atoms with Crippen molar-refractivity contribution in [2.45, 2.75) is 25.7 Å². The number of carbonyl (C=O) groups is 1. The fourth-order valence-corrected chi connectivity index (χ4v) is 4.13. The smallest absolute Gasteiger partial charge is 0.321 e. The molecular weight excluding hydrogens is 334 g/mol. The molecule has 25 heavy (non-hydrogen) atoms. The number of nitrogens with zero attached hydrogens (tertiary/aromatic N) is 4. The molecule has 2 amide bonds. The van der Waals surface area contributed by atoms with Gasteiger partial charge in [-0.1, -0.05) is 0 Å². The number of likely N-dealkylation sites (tertiary alicyclic amines) is 1. The van der Waals surface area contributed by atoms with E-state index in [1.807, 2.05) is 36.1 Å². The number of aromatic nitrogens is 3. The van der Waals surface area contributed by atoms with Gasteiger partial charge >= 0.3 is 6.03 Å². The summed E-state index contributed by atoms with van der Waals surface area (Å²) in [6.45, 7) is 3.45. The molecule has 1 aromatic carbocycles. The first-order valence-electron chi connectivity index (χ1n) is 8.38. The van der Waals surface area contributed by atoms with Gasteiger partial charge in [-0.05, 0) is 44.0 Å². The summed E-state index contributed by atoms with van der Waals surface area (Å²) in [5.74, 6) is 0.272. The Hall–Kier alpha value is -2.54. The van der Waals surface area contributed by atoms with Gasteiger partial charge in [-0.2, -0.15) is 0 Å². The van der Waals surface area contributed by atoms with Gasteiger partial charge in [0.05, 0.1) is 15.2 Å². The number of piperidine rings is 1. The number of hydrogen-bond donors (Lipinski definition) is 1. The maximum atomic E-state index is 12.7. The number of hydrogen-bond acceptors (Lipinski definition) is 5. The minimum Gasteiger partial charge on any atom is -0.324 e. The first kappa shape index (κ1) is 16.0. The Morgan fingerprint density at radius 2 is 2.28 bits per heavy atom. The first-order chi connectivity index (χ1) is 12.2. The summed E-state index contributed by atoms with van der Waals surface area (Å²) in [7, 11) is 0. The second-order valence-corrected chi connectivity index (χ2v) is 7.50. The molecule has 3 heterocycles. The van der Waals surface area contributed by atoms with E-state index in [4.69, 9.17) is 0 Å². The minimum absolute atomic E-state index is 0.0562. The molecule has 1 saturated heterocycles. The summed E-state index contributed by atoms with van der Waals surface area (Å²) >= 11 is 1.64. The van der Waals surface area contributed by atoms with Crippen molar-refractivity contribution >= 4 is 33.3 Å². The zero-order valence-corrected chi connectivity index (χ0v) is 14.8. The Balaban J connectivity index is 1.46. The number of urea groups is 1.